The molecule has 0 saturated heterocycles. The molecule has 0 aromatic heterocycles. The summed E-state index contributed by atoms with van der Waals surface area (Å²) in [5, 5.41) is 34.1. The minimum Gasteiger partial charge on any atom is -0.507 e. The summed E-state index contributed by atoms with van der Waals surface area (Å²) in [5.41, 5.74) is -0.150. The molecule has 3 N–H and O–H groups in total. The third kappa shape index (κ3) is 12.5. The van der Waals surface area contributed by atoms with Crippen molar-refractivity contribution in [2.75, 3.05) is 5.75 Å². The van der Waals surface area contributed by atoms with Gasteiger partial charge in [0.15, 0.2) is 5.41 Å². The SMILES string of the molecule is CCCCCCCCCCSC(C)OC(=O)C(Cc1cc(C(C)(C)C)c(O)c(C(C)(C)C)c1)(Cc1cc(C(C)(C)C)c(O)c(C(C)(C)C)c1)C(=O)O. The van der Waals surface area contributed by atoms with Crippen LogP contribution >= 0.6 is 11.8 Å². The molecule has 1 atom stereocenters. The number of hydrogen-bond acceptors (Lipinski definition) is 6. The van der Waals surface area contributed by atoms with Gasteiger partial charge in [-0.2, -0.15) is 0 Å². The number of esters is 1. The standard InChI is InChI=1S/C45H72O6S/c1-15-16-17-18-19-20-21-22-23-52-30(2)51-40(50)45(39(48)49,28-31-24-33(41(3,4)5)37(46)34(25-31)42(6,7)8)29-32-26-35(43(9,10)11)38(47)36(27-32)44(12,13)14/h24-27,30,46-47H,15-23,28-29H2,1-14H3,(H,48,49). The van der Waals surface area contributed by atoms with E-state index in [-0.39, 0.29) is 24.3 Å². The molecule has 2 aromatic carbocycles. The number of benzene rings is 2. The first-order valence-electron chi connectivity index (χ1n) is 19.6. The van der Waals surface area contributed by atoms with E-state index in [9.17, 15) is 24.9 Å². The third-order valence-corrected chi connectivity index (χ3v) is 11.1. The Bertz CT molecular complexity index is 1340. The van der Waals surface area contributed by atoms with Crippen molar-refractivity contribution in [2.45, 2.75) is 188 Å². The van der Waals surface area contributed by atoms with Crippen molar-refractivity contribution in [3.05, 3.63) is 57.6 Å². The van der Waals surface area contributed by atoms with Crippen LogP contribution in [-0.2, 0) is 48.8 Å². The summed E-state index contributed by atoms with van der Waals surface area (Å²) in [6, 6.07) is 7.42. The molecule has 1 unspecified atom stereocenters. The second-order valence-corrected chi connectivity index (χ2v) is 20.5. The Balaban J connectivity index is 2.65. The Morgan fingerprint density at radius 3 is 1.25 bits per heavy atom. The number of aliphatic carboxylic acids is 1. The van der Waals surface area contributed by atoms with Crippen molar-refractivity contribution in [2.24, 2.45) is 5.41 Å². The fourth-order valence-corrected chi connectivity index (χ4v) is 7.66. The molecular weight excluding hydrogens is 669 g/mol. The molecule has 7 heteroatoms. The number of carbonyl (C=O) groups is 2. The van der Waals surface area contributed by atoms with Gasteiger partial charge in [0.05, 0.1) is 0 Å². The van der Waals surface area contributed by atoms with Gasteiger partial charge in [-0.3, -0.25) is 9.59 Å². The molecule has 0 bridgehead atoms. The van der Waals surface area contributed by atoms with E-state index in [1.165, 1.54) is 38.5 Å². The largest absolute Gasteiger partial charge is 0.507 e. The maximum absolute atomic E-state index is 14.5. The van der Waals surface area contributed by atoms with Gasteiger partial charge in [-0.1, -0.05) is 159 Å². The summed E-state index contributed by atoms with van der Waals surface area (Å²) in [4.78, 5) is 28.3. The van der Waals surface area contributed by atoms with E-state index in [0.717, 1.165) is 18.6 Å². The van der Waals surface area contributed by atoms with E-state index in [4.69, 9.17) is 4.74 Å². The van der Waals surface area contributed by atoms with E-state index in [2.05, 4.69) is 6.92 Å². The Labute approximate surface area is 320 Å². The highest BCUT2D eigenvalue weighted by Crippen LogP contribution is 2.44. The lowest BCUT2D eigenvalue weighted by molar-refractivity contribution is -0.169. The van der Waals surface area contributed by atoms with Gasteiger partial charge in [-0.15, -0.1) is 11.8 Å². The fourth-order valence-electron chi connectivity index (χ4n) is 6.80. The number of rotatable bonds is 17. The molecule has 0 aliphatic carbocycles. The highest BCUT2D eigenvalue weighted by Gasteiger charge is 2.49. The predicted molar refractivity (Wildman–Crippen MR) is 219 cm³/mol. The average molecular weight is 741 g/mol. The number of unbranched alkanes of at least 4 members (excludes halogenated alkanes) is 7. The first kappa shape index (κ1) is 45.5. The first-order valence-corrected chi connectivity index (χ1v) is 20.6. The minimum absolute atomic E-state index is 0.125. The van der Waals surface area contributed by atoms with Gasteiger partial charge in [-0.25, -0.2) is 0 Å². The lowest BCUT2D eigenvalue weighted by Gasteiger charge is -2.33. The van der Waals surface area contributed by atoms with Crippen molar-refractivity contribution in [3.8, 4) is 11.5 Å². The maximum atomic E-state index is 14.5. The van der Waals surface area contributed by atoms with Gasteiger partial charge in [0.25, 0.3) is 0 Å². The molecule has 0 heterocycles. The zero-order valence-corrected chi connectivity index (χ0v) is 36.0. The van der Waals surface area contributed by atoms with Gasteiger partial charge in [-0.05, 0) is 87.0 Å². The normalized spacial score (nSPS) is 13.7. The van der Waals surface area contributed by atoms with E-state index >= 15 is 0 Å². The lowest BCUT2D eigenvalue weighted by Crippen LogP contribution is -2.45. The summed E-state index contributed by atoms with van der Waals surface area (Å²) >= 11 is 1.54. The minimum atomic E-state index is -1.98. The van der Waals surface area contributed by atoms with Crippen molar-refractivity contribution >= 4 is 23.7 Å². The molecule has 0 aliphatic heterocycles. The number of carbonyl (C=O) groups excluding carboxylic acids is 1. The van der Waals surface area contributed by atoms with Gasteiger partial charge in [0, 0.05) is 0 Å². The van der Waals surface area contributed by atoms with Crippen molar-refractivity contribution in [1.82, 2.24) is 0 Å². The zero-order valence-electron chi connectivity index (χ0n) is 35.1. The van der Waals surface area contributed by atoms with Crippen LogP contribution in [0.3, 0.4) is 0 Å². The van der Waals surface area contributed by atoms with Crippen LogP contribution < -0.4 is 0 Å². The molecule has 52 heavy (non-hydrogen) atoms. The zero-order chi connectivity index (χ0) is 39.9. The second kappa shape index (κ2) is 18.1. The van der Waals surface area contributed by atoms with Crippen LogP contribution in [0.4, 0.5) is 0 Å². The summed E-state index contributed by atoms with van der Waals surface area (Å²) < 4.78 is 6.08. The number of hydrogen-bond donors (Lipinski definition) is 3. The van der Waals surface area contributed by atoms with Crippen molar-refractivity contribution in [3.63, 3.8) is 0 Å². The van der Waals surface area contributed by atoms with Crippen LogP contribution in [0.15, 0.2) is 24.3 Å². The molecule has 0 spiro atoms. The van der Waals surface area contributed by atoms with Crippen LogP contribution in [0, 0.1) is 5.41 Å². The topological polar surface area (TPSA) is 104 Å². The van der Waals surface area contributed by atoms with Gasteiger partial charge in [0.2, 0.25) is 0 Å². The third-order valence-electron chi connectivity index (χ3n) is 10.0. The molecule has 2 aromatic rings. The molecule has 294 valence electrons. The fraction of sp³-hybridized carbons (Fsp3) is 0.689. The summed E-state index contributed by atoms with van der Waals surface area (Å²) in [6.07, 6.45) is 9.43. The molecule has 0 saturated carbocycles. The van der Waals surface area contributed by atoms with Crippen LogP contribution in [0.2, 0.25) is 0 Å². The van der Waals surface area contributed by atoms with Crippen LogP contribution in [-0.4, -0.2) is 38.4 Å². The number of phenols is 2. The highest BCUT2D eigenvalue weighted by atomic mass is 32.2. The number of carboxylic acids is 1. The Kier molecular flexibility index (Phi) is 15.8. The quantitative estimate of drug-likeness (QED) is 0.0642. The maximum Gasteiger partial charge on any atom is 0.325 e. The van der Waals surface area contributed by atoms with E-state index < -0.39 is 44.4 Å². The summed E-state index contributed by atoms with van der Waals surface area (Å²) in [7, 11) is 0. The molecule has 6 nitrogen and oxygen atoms in total. The molecular formula is C45H72O6S. The monoisotopic (exact) mass is 741 g/mol. The highest BCUT2D eigenvalue weighted by molar-refractivity contribution is 7.99. The van der Waals surface area contributed by atoms with E-state index in [1.54, 1.807) is 11.8 Å². The predicted octanol–water partition coefficient (Wildman–Crippen LogP) is 11.9. The second-order valence-electron chi connectivity index (χ2n) is 19.1. The Morgan fingerprint density at radius 2 is 0.942 bits per heavy atom. The number of phenolic OH excluding ortho intramolecular Hbond substituents is 2. The smallest absolute Gasteiger partial charge is 0.325 e. The van der Waals surface area contributed by atoms with Gasteiger partial charge < -0.3 is 20.1 Å². The van der Waals surface area contributed by atoms with Crippen molar-refractivity contribution in [1.29, 1.82) is 0 Å². The Morgan fingerprint density at radius 1 is 0.615 bits per heavy atom. The van der Waals surface area contributed by atoms with E-state index in [0.29, 0.717) is 33.4 Å². The summed E-state index contributed by atoms with van der Waals surface area (Å²) in [5.74, 6) is -0.819. The molecule has 0 amide bonds. The number of thioether (sulfide) groups is 1. The summed E-state index contributed by atoms with van der Waals surface area (Å²) in [6.45, 7) is 28.2. The van der Waals surface area contributed by atoms with Gasteiger partial charge >= 0.3 is 11.9 Å². The number of ether oxygens (including phenoxy) is 1. The number of carboxylic acid groups (broad SMARTS) is 1. The van der Waals surface area contributed by atoms with Crippen LogP contribution in [0.5, 0.6) is 11.5 Å². The number of aromatic hydroxyl groups is 2. The van der Waals surface area contributed by atoms with Crippen LogP contribution in [0.25, 0.3) is 0 Å². The molecule has 0 fully saturated rings. The van der Waals surface area contributed by atoms with Gasteiger partial charge in [0.1, 0.15) is 16.9 Å². The van der Waals surface area contributed by atoms with E-state index in [1.807, 2.05) is 114 Å². The molecule has 2 rings (SSSR count). The molecule has 0 radical (unpaired) electrons. The lowest BCUT2D eigenvalue weighted by atomic mass is 9.71. The average Bonchev–Trinajstić information content (AvgIpc) is 2.98. The Hall–Kier alpha value is -2.67. The first-order chi connectivity index (χ1) is 23.8. The molecule has 0 aliphatic rings. The van der Waals surface area contributed by atoms with Crippen LogP contribution in [0.1, 0.15) is 182 Å². The van der Waals surface area contributed by atoms with Crippen molar-refractivity contribution < 1.29 is 29.6 Å².